The van der Waals surface area contributed by atoms with Crippen LogP contribution in [0.25, 0.3) is 0 Å². The van der Waals surface area contributed by atoms with Crippen LogP contribution in [0.5, 0.6) is 17.2 Å². The van der Waals surface area contributed by atoms with Crippen molar-refractivity contribution in [2.45, 2.75) is 65.2 Å². The summed E-state index contributed by atoms with van der Waals surface area (Å²) >= 11 is 0. The van der Waals surface area contributed by atoms with E-state index in [0.29, 0.717) is 0 Å². The summed E-state index contributed by atoms with van der Waals surface area (Å²) < 4.78 is 17.3. The molecule has 0 heterocycles. The van der Waals surface area contributed by atoms with E-state index in [1.165, 1.54) is 44.4 Å². The first-order chi connectivity index (χ1) is 17.2. The van der Waals surface area contributed by atoms with Gasteiger partial charge in [-0.3, -0.25) is 0 Å². The van der Waals surface area contributed by atoms with E-state index in [1.54, 1.807) is 7.11 Å². The van der Waals surface area contributed by atoms with E-state index in [2.05, 4.69) is 74.5 Å². The molecule has 0 fully saturated rings. The summed E-state index contributed by atoms with van der Waals surface area (Å²) in [5.74, 6) is 3.88. The van der Waals surface area contributed by atoms with Crippen LogP contribution in [0.3, 0.4) is 0 Å². The van der Waals surface area contributed by atoms with Gasteiger partial charge in [-0.1, -0.05) is 88.8 Å². The van der Waals surface area contributed by atoms with Gasteiger partial charge in [0.25, 0.3) is 0 Å². The van der Waals surface area contributed by atoms with Gasteiger partial charge in [0.15, 0.2) is 0 Å². The van der Waals surface area contributed by atoms with Crippen molar-refractivity contribution in [3.8, 4) is 17.2 Å². The lowest BCUT2D eigenvalue weighted by molar-refractivity contribution is 0.305. The van der Waals surface area contributed by atoms with E-state index in [-0.39, 0.29) is 0 Å². The Labute approximate surface area is 212 Å². The Balaban J connectivity index is 1.73. The van der Waals surface area contributed by atoms with Gasteiger partial charge in [-0.2, -0.15) is 0 Å². The fraction of sp³-hybridized carbons (Fsp3) is 0.406. The van der Waals surface area contributed by atoms with E-state index >= 15 is 0 Å². The standard InChI is InChI=1S/C32H41O3/c1-4-6-8-10-24-34-30-20-14-27(15-21-30)32(26-12-18-29(33-3)19-13-26)28-16-22-31(23-17-28)35-25-11-9-7-5-2/h12-23H,4-11,24-25H2,1-3H3. The molecular weight excluding hydrogens is 432 g/mol. The molecule has 3 rings (SSSR count). The zero-order valence-corrected chi connectivity index (χ0v) is 21.7. The predicted octanol–water partition coefficient (Wildman–Crippen LogP) is 8.63. The minimum absolute atomic E-state index is 0.772. The van der Waals surface area contributed by atoms with Crippen LogP contribution in [0.1, 0.15) is 81.9 Å². The summed E-state index contributed by atoms with van der Waals surface area (Å²) in [4.78, 5) is 0. The normalized spacial score (nSPS) is 11.0. The molecule has 3 aromatic rings. The molecular formula is C32H41O3. The summed E-state index contributed by atoms with van der Waals surface area (Å²) in [6, 6.07) is 25.2. The maximum absolute atomic E-state index is 5.96. The summed E-state index contributed by atoms with van der Waals surface area (Å²) in [5, 5.41) is 0. The lowest BCUT2D eigenvalue weighted by Gasteiger charge is -2.19. The van der Waals surface area contributed by atoms with Crippen LogP contribution in [0.4, 0.5) is 0 Å². The van der Waals surface area contributed by atoms with Gasteiger partial charge in [0.2, 0.25) is 0 Å². The molecule has 3 heteroatoms. The van der Waals surface area contributed by atoms with Crippen molar-refractivity contribution in [1.29, 1.82) is 0 Å². The molecule has 0 saturated heterocycles. The molecule has 0 unspecified atom stereocenters. The highest BCUT2D eigenvalue weighted by molar-refractivity contribution is 5.59. The molecule has 3 nitrogen and oxygen atoms in total. The van der Waals surface area contributed by atoms with Crippen molar-refractivity contribution < 1.29 is 14.2 Å². The van der Waals surface area contributed by atoms with Gasteiger partial charge in [-0.15, -0.1) is 0 Å². The number of rotatable bonds is 16. The minimum atomic E-state index is 0.772. The maximum atomic E-state index is 5.96. The van der Waals surface area contributed by atoms with Gasteiger partial charge < -0.3 is 14.2 Å². The Morgan fingerprint density at radius 2 is 0.857 bits per heavy atom. The fourth-order valence-corrected chi connectivity index (χ4v) is 4.13. The van der Waals surface area contributed by atoms with Crippen molar-refractivity contribution in [2.75, 3.05) is 20.3 Å². The van der Waals surface area contributed by atoms with Gasteiger partial charge in [-0.25, -0.2) is 0 Å². The van der Waals surface area contributed by atoms with Crippen LogP contribution in [-0.2, 0) is 0 Å². The number of ether oxygens (including phenoxy) is 3. The van der Waals surface area contributed by atoms with E-state index in [4.69, 9.17) is 14.2 Å². The van der Waals surface area contributed by atoms with E-state index in [1.807, 2.05) is 12.1 Å². The SMILES string of the molecule is CCCCCCOc1ccc([C](c2ccc(OC)cc2)c2ccc(OCCCCCC)cc2)cc1. The molecule has 0 saturated carbocycles. The van der Waals surface area contributed by atoms with E-state index in [9.17, 15) is 0 Å². The van der Waals surface area contributed by atoms with Crippen LogP contribution in [-0.4, -0.2) is 20.3 Å². The van der Waals surface area contributed by atoms with Gasteiger partial charge >= 0.3 is 0 Å². The molecule has 0 aromatic heterocycles. The molecule has 0 bridgehead atoms. The molecule has 35 heavy (non-hydrogen) atoms. The number of benzene rings is 3. The average Bonchev–Trinajstić information content (AvgIpc) is 2.91. The van der Waals surface area contributed by atoms with Crippen LogP contribution >= 0.6 is 0 Å². The first kappa shape index (κ1) is 26.7. The molecule has 187 valence electrons. The number of unbranched alkanes of at least 4 members (excludes halogenated alkanes) is 6. The molecule has 0 aliphatic rings. The van der Waals surface area contributed by atoms with Gasteiger partial charge in [0.05, 0.1) is 26.2 Å². The zero-order chi connectivity index (χ0) is 24.7. The average molecular weight is 474 g/mol. The highest BCUT2D eigenvalue weighted by Crippen LogP contribution is 2.33. The van der Waals surface area contributed by atoms with Crippen LogP contribution in [0, 0.1) is 5.92 Å². The smallest absolute Gasteiger partial charge is 0.119 e. The zero-order valence-electron chi connectivity index (χ0n) is 21.7. The molecule has 0 spiro atoms. The summed E-state index contributed by atoms with van der Waals surface area (Å²) in [6.45, 7) is 6.00. The van der Waals surface area contributed by atoms with Gasteiger partial charge in [0, 0.05) is 0 Å². The lowest BCUT2D eigenvalue weighted by Crippen LogP contribution is -2.05. The maximum Gasteiger partial charge on any atom is 0.119 e. The van der Waals surface area contributed by atoms with Crippen LogP contribution in [0.2, 0.25) is 0 Å². The largest absolute Gasteiger partial charge is 0.497 e. The number of hydrogen-bond donors (Lipinski definition) is 0. The second kappa shape index (κ2) is 15.1. The van der Waals surface area contributed by atoms with Crippen molar-refractivity contribution in [2.24, 2.45) is 0 Å². The van der Waals surface area contributed by atoms with Crippen LogP contribution < -0.4 is 14.2 Å². The summed E-state index contributed by atoms with van der Waals surface area (Å²) in [7, 11) is 1.70. The third kappa shape index (κ3) is 8.65. The summed E-state index contributed by atoms with van der Waals surface area (Å²) in [5.41, 5.74) is 3.45. The Hall–Kier alpha value is -2.94. The Kier molecular flexibility index (Phi) is 11.5. The summed E-state index contributed by atoms with van der Waals surface area (Å²) in [6.07, 6.45) is 9.67. The molecule has 0 N–H and O–H groups in total. The third-order valence-electron chi connectivity index (χ3n) is 6.20. The van der Waals surface area contributed by atoms with Gasteiger partial charge in [0.1, 0.15) is 17.2 Å². The van der Waals surface area contributed by atoms with Crippen molar-refractivity contribution in [1.82, 2.24) is 0 Å². The van der Waals surface area contributed by atoms with E-state index < -0.39 is 0 Å². The van der Waals surface area contributed by atoms with Crippen molar-refractivity contribution in [3.05, 3.63) is 95.4 Å². The lowest BCUT2D eigenvalue weighted by atomic mass is 9.85. The highest BCUT2D eigenvalue weighted by atomic mass is 16.5. The first-order valence-electron chi connectivity index (χ1n) is 13.2. The Morgan fingerprint density at radius 1 is 0.486 bits per heavy atom. The van der Waals surface area contributed by atoms with Crippen LogP contribution in [0.15, 0.2) is 72.8 Å². The van der Waals surface area contributed by atoms with Gasteiger partial charge in [-0.05, 0) is 65.9 Å². The Bertz CT molecular complexity index is 888. The van der Waals surface area contributed by atoms with Crippen molar-refractivity contribution >= 4 is 0 Å². The molecule has 3 aromatic carbocycles. The molecule has 0 amide bonds. The predicted molar refractivity (Wildman–Crippen MR) is 146 cm³/mol. The highest BCUT2D eigenvalue weighted by Gasteiger charge is 2.18. The molecule has 0 aliphatic heterocycles. The third-order valence-corrected chi connectivity index (χ3v) is 6.20. The number of methoxy groups -OCH3 is 1. The first-order valence-corrected chi connectivity index (χ1v) is 13.2. The number of hydrogen-bond acceptors (Lipinski definition) is 3. The Morgan fingerprint density at radius 3 is 1.20 bits per heavy atom. The monoisotopic (exact) mass is 473 g/mol. The van der Waals surface area contributed by atoms with Crippen molar-refractivity contribution in [3.63, 3.8) is 0 Å². The second-order valence-corrected chi connectivity index (χ2v) is 8.97. The topological polar surface area (TPSA) is 27.7 Å². The second-order valence-electron chi connectivity index (χ2n) is 8.97. The molecule has 0 atom stereocenters. The quantitative estimate of drug-likeness (QED) is 0.154. The minimum Gasteiger partial charge on any atom is -0.497 e. The fourth-order valence-electron chi connectivity index (χ4n) is 4.13. The molecule has 1 radical (unpaired) electrons. The van der Waals surface area contributed by atoms with E-state index in [0.717, 1.165) is 60.0 Å². The molecule has 0 aliphatic carbocycles.